The van der Waals surface area contributed by atoms with Gasteiger partial charge in [-0.1, -0.05) is 34.1 Å². The molecule has 2 aromatic rings. The van der Waals surface area contributed by atoms with Crippen LogP contribution in [-0.4, -0.2) is 10.1 Å². The fourth-order valence-electron chi connectivity index (χ4n) is 1.76. The van der Waals surface area contributed by atoms with Gasteiger partial charge in [0.15, 0.2) is 0 Å². The van der Waals surface area contributed by atoms with Crippen molar-refractivity contribution < 1.29 is 5.11 Å². The van der Waals surface area contributed by atoms with E-state index in [1.54, 1.807) is 12.4 Å². The molecule has 1 aromatic carbocycles. The molecule has 88 valence electrons. The molecule has 0 amide bonds. The summed E-state index contributed by atoms with van der Waals surface area (Å²) in [5.74, 6) is 0. The van der Waals surface area contributed by atoms with Crippen molar-refractivity contribution in [3.8, 4) is 0 Å². The third-order valence-corrected chi connectivity index (χ3v) is 3.60. The van der Waals surface area contributed by atoms with Gasteiger partial charge >= 0.3 is 0 Å². The molecule has 17 heavy (non-hydrogen) atoms. The Balaban J connectivity index is 2.36. The van der Waals surface area contributed by atoms with Crippen LogP contribution >= 0.6 is 15.9 Å². The van der Waals surface area contributed by atoms with Crippen molar-refractivity contribution in [3.63, 3.8) is 0 Å². The van der Waals surface area contributed by atoms with E-state index >= 15 is 0 Å². The van der Waals surface area contributed by atoms with Gasteiger partial charge in [0, 0.05) is 22.4 Å². The van der Waals surface area contributed by atoms with E-state index in [-0.39, 0.29) is 0 Å². The van der Waals surface area contributed by atoms with Gasteiger partial charge in [0.25, 0.3) is 0 Å². The van der Waals surface area contributed by atoms with Crippen molar-refractivity contribution in [3.05, 3.63) is 63.4 Å². The lowest BCUT2D eigenvalue weighted by Crippen LogP contribution is -2.01. The van der Waals surface area contributed by atoms with Crippen LogP contribution in [0.25, 0.3) is 0 Å². The van der Waals surface area contributed by atoms with E-state index in [0.29, 0.717) is 0 Å². The van der Waals surface area contributed by atoms with Crippen LogP contribution in [0.5, 0.6) is 0 Å². The normalized spacial score (nSPS) is 12.5. The Morgan fingerprint density at radius 1 is 1.12 bits per heavy atom. The molecule has 1 heterocycles. The molecular weight excluding hydrogens is 278 g/mol. The number of hydrogen-bond acceptors (Lipinski definition) is 2. The molecule has 1 aromatic heterocycles. The zero-order valence-electron chi connectivity index (χ0n) is 9.81. The van der Waals surface area contributed by atoms with Crippen molar-refractivity contribution in [1.29, 1.82) is 0 Å². The first-order chi connectivity index (χ1) is 8.08. The van der Waals surface area contributed by atoms with Gasteiger partial charge in [-0.2, -0.15) is 0 Å². The SMILES string of the molecule is Cc1cncc(C(O)c2ccc(Br)c(C)c2)c1. The Kier molecular flexibility index (Phi) is 3.60. The molecule has 0 radical (unpaired) electrons. The summed E-state index contributed by atoms with van der Waals surface area (Å²) in [6.45, 7) is 3.98. The number of hydrogen-bond donors (Lipinski definition) is 1. The van der Waals surface area contributed by atoms with E-state index in [4.69, 9.17) is 0 Å². The van der Waals surface area contributed by atoms with E-state index in [1.165, 1.54) is 0 Å². The van der Waals surface area contributed by atoms with Crippen molar-refractivity contribution in [2.75, 3.05) is 0 Å². The molecule has 0 fully saturated rings. The molecule has 2 nitrogen and oxygen atoms in total. The second-order valence-electron chi connectivity index (χ2n) is 4.21. The smallest absolute Gasteiger partial charge is 0.106 e. The number of aromatic nitrogens is 1. The quantitative estimate of drug-likeness (QED) is 0.918. The number of nitrogens with zero attached hydrogens (tertiary/aromatic N) is 1. The van der Waals surface area contributed by atoms with Gasteiger partial charge in [0.1, 0.15) is 6.10 Å². The highest BCUT2D eigenvalue weighted by Gasteiger charge is 2.11. The molecule has 0 aliphatic rings. The highest BCUT2D eigenvalue weighted by Crippen LogP contribution is 2.25. The van der Waals surface area contributed by atoms with Crippen LogP contribution in [0.15, 0.2) is 41.1 Å². The Hall–Kier alpha value is -1.19. The predicted molar refractivity (Wildman–Crippen MR) is 71.9 cm³/mol. The summed E-state index contributed by atoms with van der Waals surface area (Å²) in [5.41, 5.74) is 3.88. The molecule has 0 aliphatic carbocycles. The number of aliphatic hydroxyl groups is 1. The van der Waals surface area contributed by atoms with Crippen LogP contribution in [0.1, 0.15) is 28.4 Å². The molecule has 0 aliphatic heterocycles. The zero-order chi connectivity index (χ0) is 12.4. The first-order valence-corrected chi connectivity index (χ1v) is 6.23. The Morgan fingerprint density at radius 2 is 1.88 bits per heavy atom. The Bertz CT molecular complexity index is 539. The first kappa shape index (κ1) is 12.3. The lowest BCUT2D eigenvalue weighted by atomic mass is 10.0. The van der Waals surface area contributed by atoms with Gasteiger partial charge < -0.3 is 5.11 Å². The summed E-state index contributed by atoms with van der Waals surface area (Å²) in [7, 11) is 0. The summed E-state index contributed by atoms with van der Waals surface area (Å²) in [5, 5.41) is 10.3. The summed E-state index contributed by atoms with van der Waals surface area (Å²) in [4.78, 5) is 4.10. The predicted octanol–water partition coefficient (Wildman–Crippen LogP) is 3.54. The fourth-order valence-corrected chi connectivity index (χ4v) is 2.00. The maximum atomic E-state index is 10.3. The molecule has 1 unspecified atom stereocenters. The minimum absolute atomic E-state index is 0.616. The van der Waals surface area contributed by atoms with E-state index in [2.05, 4.69) is 20.9 Å². The van der Waals surface area contributed by atoms with Crippen LogP contribution in [0.4, 0.5) is 0 Å². The summed E-state index contributed by atoms with van der Waals surface area (Å²) in [6, 6.07) is 7.81. The Labute approximate surface area is 109 Å². The highest BCUT2D eigenvalue weighted by atomic mass is 79.9. The molecule has 1 atom stereocenters. The average Bonchev–Trinajstić information content (AvgIpc) is 2.32. The van der Waals surface area contributed by atoms with Gasteiger partial charge in [0.05, 0.1) is 0 Å². The molecule has 0 bridgehead atoms. The second kappa shape index (κ2) is 4.98. The van der Waals surface area contributed by atoms with E-state index in [9.17, 15) is 5.11 Å². The standard InChI is InChI=1S/C14H14BrNO/c1-9-5-12(8-16-7-9)14(17)11-3-4-13(15)10(2)6-11/h3-8,14,17H,1-2H3. The maximum absolute atomic E-state index is 10.3. The largest absolute Gasteiger partial charge is 0.384 e. The van der Waals surface area contributed by atoms with Gasteiger partial charge in [-0.05, 0) is 36.6 Å². The monoisotopic (exact) mass is 291 g/mol. The number of pyridine rings is 1. The molecule has 0 saturated carbocycles. The van der Waals surface area contributed by atoms with Crippen LogP contribution in [0.2, 0.25) is 0 Å². The summed E-state index contributed by atoms with van der Waals surface area (Å²) in [6.07, 6.45) is 2.87. The second-order valence-corrected chi connectivity index (χ2v) is 5.06. The van der Waals surface area contributed by atoms with Crippen LogP contribution in [0.3, 0.4) is 0 Å². The molecule has 0 spiro atoms. The maximum Gasteiger partial charge on any atom is 0.106 e. The highest BCUT2D eigenvalue weighted by molar-refractivity contribution is 9.10. The third-order valence-electron chi connectivity index (χ3n) is 2.71. The molecular formula is C14H14BrNO. The number of rotatable bonds is 2. The fraction of sp³-hybridized carbons (Fsp3) is 0.214. The number of halogens is 1. The van der Waals surface area contributed by atoms with E-state index in [1.807, 2.05) is 38.1 Å². The topological polar surface area (TPSA) is 33.1 Å². The van der Waals surface area contributed by atoms with Gasteiger partial charge in [-0.25, -0.2) is 0 Å². The third kappa shape index (κ3) is 2.73. The number of benzene rings is 1. The summed E-state index contributed by atoms with van der Waals surface area (Å²) < 4.78 is 1.05. The summed E-state index contributed by atoms with van der Waals surface area (Å²) >= 11 is 3.45. The molecule has 0 saturated heterocycles. The zero-order valence-corrected chi connectivity index (χ0v) is 11.4. The van der Waals surface area contributed by atoms with Crippen molar-refractivity contribution >= 4 is 15.9 Å². The van der Waals surface area contributed by atoms with Crippen LogP contribution in [-0.2, 0) is 0 Å². The molecule has 2 rings (SSSR count). The van der Waals surface area contributed by atoms with Crippen molar-refractivity contribution in [2.24, 2.45) is 0 Å². The van der Waals surface area contributed by atoms with Gasteiger partial charge in [0.2, 0.25) is 0 Å². The van der Waals surface area contributed by atoms with Crippen molar-refractivity contribution in [1.82, 2.24) is 4.98 Å². The van der Waals surface area contributed by atoms with Crippen LogP contribution < -0.4 is 0 Å². The van der Waals surface area contributed by atoms with Gasteiger partial charge in [-0.15, -0.1) is 0 Å². The van der Waals surface area contributed by atoms with Gasteiger partial charge in [-0.3, -0.25) is 4.98 Å². The lowest BCUT2D eigenvalue weighted by Gasteiger charge is -2.12. The Morgan fingerprint density at radius 3 is 2.53 bits per heavy atom. The average molecular weight is 292 g/mol. The molecule has 3 heteroatoms. The molecule has 1 N–H and O–H groups in total. The number of aryl methyl sites for hydroxylation is 2. The van der Waals surface area contributed by atoms with E-state index in [0.717, 1.165) is 26.7 Å². The number of aliphatic hydroxyl groups excluding tert-OH is 1. The minimum atomic E-state index is -0.616. The lowest BCUT2D eigenvalue weighted by molar-refractivity contribution is 0.219. The van der Waals surface area contributed by atoms with E-state index < -0.39 is 6.10 Å². The van der Waals surface area contributed by atoms with Crippen molar-refractivity contribution in [2.45, 2.75) is 20.0 Å². The minimum Gasteiger partial charge on any atom is -0.384 e. The first-order valence-electron chi connectivity index (χ1n) is 5.43. The van der Waals surface area contributed by atoms with Crippen LogP contribution in [0, 0.1) is 13.8 Å².